The lowest BCUT2D eigenvalue weighted by Crippen LogP contribution is -2.53. The molecule has 1 aliphatic heterocycles. The zero-order chi connectivity index (χ0) is 25.1. The molecule has 0 aromatic heterocycles. The van der Waals surface area contributed by atoms with Crippen LogP contribution in [0, 0.1) is 12.8 Å². The van der Waals surface area contributed by atoms with Gasteiger partial charge in [-0.25, -0.2) is 4.79 Å². The minimum Gasteiger partial charge on any atom is -0.348 e. The van der Waals surface area contributed by atoms with E-state index >= 15 is 0 Å². The van der Waals surface area contributed by atoms with Crippen molar-refractivity contribution in [3.8, 4) is 0 Å². The third kappa shape index (κ3) is 5.65. The first-order valence-electron chi connectivity index (χ1n) is 12.4. The summed E-state index contributed by atoms with van der Waals surface area (Å²) >= 11 is 0. The molecule has 2 aliphatic rings. The number of urea groups is 1. The second-order valence-corrected chi connectivity index (χ2v) is 10.1. The number of amides is 4. The third-order valence-corrected chi connectivity index (χ3v) is 6.74. The van der Waals surface area contributed by atoms with Gasteiger partial charge in [-0.2, -0.15) is 0 Å². The lowest BCUT2D eigenvalue weighted by atomic mass is 9.91. The second-order valence-electron chi connectivity index (χ2n) is 10.1. The fraction of sp³-hybridized carbons (Fsp3) is 0.444. The van der Waals surface area contributed by atoms with Gasteiger partial charge in [0.1, 0.15) is 6.04 Å². The number of anilines is 3. The van der Waals surface area contributed by atoms with Crippen LogP contribution in [0.2, 0.25) is 0 Å². The fourth-order valence-electron chi connectivity index (χ4n) is 4.81. The van der Waals surface area contributed by atoms with Crippen molar-refractivity contribution in [1.29, 1.82) is 0 Å². The van der Waals surface area contributed by atoms with Gasteiger partial charge in [-0.15, -0.1) is 0 Å². The molecule has 186 valence electrons. The fourth-order valence-corrected chi connectivity index (χ4v) is 4.81. The molecule has 1 aliphatic carbocycles. The van der Waals surface area contributed by atoms with Crippen LogP contribution in [0.15, 0.2) is 42.5 Å². The van der Waals surface area contributed by atoms with E-state index in [0.29, 0.717) is 29.0 Å². The van der Waals surface area contributed by atoms with Gasteiger partial charge in [0, 0.05) is 23.3 Å². The van der Waals surface area contributed by atoms with Gasteiger partial charge < -0.3 is 21.7 Å². The van der Waals surface area contributed by atoms with E-state index in [-0.39, 0.29) is 35.8 Å². The summed E-state index contributed by atoms with van der Waals surface area (Å²) in [7, 11) is 0. The molecule has 4 amide bonds. The Bertz CT molecular complexity index is 1100. The van der Waals surface area contributed by atoms with Crippen molar-refractivity contribution >= 4 is 34.9 Å². The SMILES string of the molecule is Cc1ccc(NC(=O)N2c3ccc(C(=O)NC4CCCCC4N)cc3NC(=O)C2CC(C)C)cc1. The zero-order valence-electron chi connectivity index (χ0n) is 20.6. The van der Waals surface area contributed by atoms with Crippen LogP contribution in [-0.2, 0) is 4.79 Å². The first-order valence-corrected chi connectivity index (χ1v) is 12.4. The van der Waals surface area contributed by atoms with E-state index in [1.165, 1.54) is 4.90 Å². The van der Waals surface area contributed by atoms with Gasteiger partial charge in [0.2, 0.25) is 5.91 Å². The first-order chi connectivity index (χ1) is 16.7. The van der Waals surface area contributed by atoms with Gasteiger partial charge in [-0.3, -0.25) is 14.5 Å². The van der Waals surface area contributed by atoms with Crippen LogP contribution in [0.25, 0.3) is 0 Å². The molecule has 0 bridgehead atoms. The standard InChI is InChI=1S/C27H35N5O3/c1-16(2)14-24-26(34)31-22-15-18(25(33)30-21-7-5-4-6-20(21)28)10-13-23(22)32(24)27(35)29-19-11-8-17(3)9-12-19/h8-13,15-16,20-21,24H,4-7,14,28H2,1-3H3,(H,29,35)(H,30,33)(H,31,34). The van der Waals surface area contributed by atoms with Crippen LogP contribution < -0.4 is 26.6 Å². The van der Waals surface area contributed by atoms with Crippen molar-refractivity contribution in [2.75, 3.05) is 15.5 Å². The average Bonchev–Trinajstić information content (AvgIpc) is 2.81. The number of nitrogens with one attached hydrogen (secondary N) is 3. The van der Waals surface area contributed by atoms with E-state index in [9.17, 15) is 14.4 Å². The second kappa shape index (κ2) is 10.5. The highest BCUT2D eigenvalue weighted by molar-refractivity contribution is 6.15. The highest BCUT2D eigenvalue weighted by Gasteiger charge is 2.38. The summed E-state index contributed by atoms with van der Waals surface area (Å²) in [5.41, 5.74) is 9.35. The summed E-state index contributed by atoms with van der Waals surface area (Å²) < 4.78 is 0. The Balaban J connectivity index is 1.61. The molecule has 0 radical (unpaired) electrons. The predicted molar refractivity (Wildman–Crippen MR) is 139 cm³/mol. The molecular weight excluding hydrogens is 442 g/mol. The number of aryl methyl sites for hydroxylation is 1. The minimum absolute atomic E-state index is 0.0530. The van der Waals surface area contributed by atoms with Crippen molar-refractivity contribution in [2.45, 2.75) is 71.0 Å². The van der Waals surface area contributed by atoms with Gasteiger partial charge in [-0.05, 0) is 62.4 Å². The van der Waals surface area contributed by atoms with E-state index in [2.05, 4.69) is 16.0 Å². The van der Waals surface area contributed by atoms with E-state index in [4.69, 9.17) is 5.73 Å². The largest absolute Gasteiger partial charge is 0.348 e. The molecular formula is C27H35N5O3. The molecule has 5 N–H and O–H groups in total. The molecule has 4 rings (SSSR count). The van der Waals surface area contributed by atoms with Crippen LogP contribution in [0.4, 0.5) is 21.9 Å². The quantitative estimate of drug-likeness (QED) is 0.511. The van der Waals surface area contributed by atoms with Crippen molar-refractivity contribution in [3.63, 3.8) is 0 Å². The predicted octanol–water partition coefficient (Wildman–Crippen LogP) is 4.40. The van der Waals surface area contributed by atoms with Gasteiger partial charge in [0.05, 0.1) is 11.4 Å². The highest BCUT2D eigenvalue weighted by Crippen LogP contribution is 2.35. The Labute approximate surface area is 206 Å². The van der Waals surface area contributed by atoms with Crippen LogP contribution in [-0.4, -0.2) is 36.0 Å². The molecule has 8 nitrogen and oxygen atoms in total. The summed E-state index contributed by atoms with van der Waals surface area (Å²) in [6.07, 6.45) is 4.39. The maximum absolute atomic E-state index is 13.4. The number of carbonyl (C=O) groups is 3. The third-order valence-electron chi connectivity index (χ3n) is 6.74. The summed E-state index contributed by atoms with van der Waals surface area (Å²) in [5, 5.41) is 8.87. The number of hydrogen-bond acceptors (Lipinski definition) is 4. The number of nitrogens with zero attached hydrogens (tertiary/aromatic N) is 1. The molecule has 1 heterocycles. The number of hydrogen-bond donors (Lipinski definition) is 4. The molecule has 3 unspecified atom stereocenters. The number of carbonyl (C=O) groups excluding carboxylic acids is 3. The Morgan fingerprint density at radius 3 is 2.51 bits per heavy atom. The van der Waals surface area contributed by atoms with Crippen molar-refractivity contribution in [3.05, 3.63) is 53.6 Å². The topological polar surface area (TPSA) is 117 Å². The van der Waals surface area contributed by atoms with Gasteiger partial charge in [0.25, 0.3) is 5.91 Å². The van der Waals surface area contributed by atoms with E-state index in [1.54, 1.807) is 18.2 Å². The summed E-state index contributed by atoms with van der Waals surface area (Å²) in [6, 6.07) is 11.4. The number of rotatable bonds is 5. The van der Waals surface area contributed by atoms with Crippen LogP contribution in [0.1, 0.15) is 61.9 Å². The average molecular weight is 478 g/mol. The van der Waals surface area contributed by atoms with Gasteiger partial charge in [0.15, 0.2) is 0 Å². The molecule has 2 aromatic carbocycles. The molecule has 2 aromatic rings. The normalized spacial score (nSPS) is 21.8. The highest BCUT2D eigenvalue weighted by atomic mass is 16.2. The minimum atomic E-state index is -0.659. The van der Waals surface area contributed by atoms with Crippen LogP contribution in [0.5, 0.6) is 0 Å². The monoisotopic (exact) mass is 477 g/mol. The Morgan fingerprint density at radius 2 is 1.83 bits per heavy atom. The van der Waals surface area contributed by atoms with E-state index in [1.807, 2.05) is 45.0 Å². The lowest BCUT2D eigenvalue weighted by Gasteiger charge is -2.37. The molecule has 1 fully saturated rings. The Kier molecular flexibility index (Phi) is 7.40. The summed E-state index contributed by atoms with van der Waals surface area (Å²) in [4.78, 5) is 41.0. The van der Waals surface area contributed by atoms with Crippen LogP contribution in [0.3, 0.4) is 0 Å². The number of benzene rings is 2. The summed E-state index contributed by atoms with van der Waals surface area (Å²) in [5.74, 6) is -0.298. The number of nitrogens with two attached hydrogens (primary N) is 1. The zero-order valence-corrected chi connectivity index (χ0v) is 20.6. The smallest absolute Gasteiger partial charge is 0.327 e. The molecule has 8 heteroatoms. The molecule has 1 saturated carbocycles. The molecule has 35 heavy (non-hydrogen) atoms. The van der Waals surface area contributed by atoms with Crippen molar-refractivity contribution < 1.29 is 14.4 Å². The Hall–Kier alpha value is -3.39. The lowest BCUT2D eigenvalue weighted by molar-refractivity contribution is -0.117. The maximum atomic E-state index is 13.4. The Morgan fingerprint density at radius 1 is 1.11 bits per heavy atom. The van der Waals surface area contributed by atoms with Crippen LogP contribution >= 0.6 is 0 Å². The number of fused-ring (bicyclic) bond motifs is 1. The van der Waals surface area contributed by atoms with Crippen molar-refractivity contribution in [2.24, 2.45) is 11.7 Å². The molecule has 3 atom stereocenters. The first kappa shape index (κ1) is 24.7. The summed E-state index contributed by atoms with van der Waals surface area (Å²) in [6.45, 7) is 6.01. The van der Waals surface area contributed by atoms with Gasteiger partial charge >= 0.3 is 6.03 Å². The van der Waals surface area contributed by atoms with Gasteiger partial charge in [-0.1, -0.05) is 44.4 Å². The molecule has 0 spiro atoms. The van der Waals surface area contributed by atoms with E-state index in [0.717, 1.165) is 31.2 Å². The van der Waals surface area contributed by atoms with E-state index < -0.39 is 6.04 Å². The van der Waals surface area contributed by atoms with Crippen molar-refractivity contribution in [1.82, 2.24) is 5.32 Å². The molecule has 0 saturated heterocycles. The maximum Gasteiger partial charge on any atom is 0.327 e.